The van der Waals surface area contributed by atoms with E-state index in [1.165, 1.54) is 19.3 Å². The van der Waals surface area contributed by atoms with Gasteiger partial charge in [0.1, 0.15) is 5.75 Å². The van der Waals surface area contributed by atoms with Crippen molar-refractivity contribution in [2.75, 3.05) is 0 Å². The molecule has 1 aromatic rings. The Kier molecular flexibility index (Phi) is 8.21. The van der Waals surface area contributed by atoms with Crippen LogP contribution in [0, 0.1) is 17.8 Å². The predicted molar refractivity (Wildman–Crippen MR) is 103 cm³/mol. The first kappa shape index (κ1) is 20.3. The van der Waals surface area contributed by atoms with E-state index >= 15 is 0 Å². The molecule has 22 heavy (non-hydrogen) atoms. The molecule has 1 fully saturated rings. The van der Waals surface area contributed by atoms with Gasteiger partial charge < -0.3 is 10.4 Å². The molecule has 3 atom stereocenters. The van der Waals surface area contributed by atoms with Crippen LogP contribution >= 0.6 is 44.3 Å². The molecule has 0 saturated heterocycles. The van der Waals surface area contributed by atoms with E-state index in [0.29, 0.717) is 24.3 Å². The van der Waals surface area contributed by atoms with E-state index < -0.39 is 0 Å². The lowest BCUT2D eigenvalue weighted by Crippen LogP contribution is -2.42. The molecule has 1 aliphatic carbocycles. The lowest BCUT2D eigenvalue weighted by molar-refractivity contribution is 0.169. The standard InChI is InChI=1S/C17H25Br2NO.ClH/c1-10(2)14-5-4-11(3)6-16(14)20-9-12-7-13(18)8-15(19)17(12)21;/h7-8,10-11,14,16,20-21H,4-6,9H2,1-3H3;1H. The molecule has 0 aromatic heterocycles. The second kappa shape index (κ2) is 8.91. The van der Waals surface area contributed by atoms with Crippen LogP contribution in [0.25, 0.3) is 0 Å². The average Bonchev–Trinajstić information content (AvgIpc) is 2.40. The summed E-state index contributed by atoms with van der Waals surface area (Å²) in [4.78, 5) is 0. The molecule has 0 amide bonds. The third-order valence-corrected chi connectivity index (χ3v) is 5.75. The van der Waals surface area contributed by atoms with Crippen molar-refractivity contribution >= 4 is 44.3 Å². The Morgan fingerprint density at radius 2 is 1.95 bits per heavy atom. The second-order valence-electron chi connectivity index (χ2n) is 6.71. The minimum absolute atomic E-state index is 0. The van der Waals surface area contributed by atoms with Crippen molar-refractivity contribution in [2.24, 2.45) is 17.8 Å². The van der Waals surface area contributed by atoms with Crippen LogP contribution in [0.3, 0.4) is 0 Å². The van der Waals surface area contributed by atoms with E-state index in [0.717, 1.165) is 26.3 Å². The van der Waals surface area contributed by atoms with Gasteiger partial charge in [0.05, 0.1) is 4.47 Å². The van der Waals surface area contributed by atoms with Gasteiger partial charge in [0.25, 0.3) is 0 Å². The molecule has 1 saturated carbocycles. The van der Waals surface area contributed by atoms with Gasteiger partial charge in [-0.3, -0.25) is 0 Å². The lowest BCUT2D eigenvalue weighted by atomic mass is 9.74. The first-order chi connectivity index (χ1) is 9.88. The van der Waals surface area contributed by atoms with Crippen molar-refractivity contribution in [1.82, 2.24) is 5.32 Å². The fraction of sp³-hybridized carbons (Fsp3) is 0.647. The highest BCUT2D eigenvalue weighted by molar-refractivity contribution is 9.11. The van der Waals surface area contributed by atoms with Crippen molar-refractivity contribution in [3.8, 4) is 5.75 Å². The summed E-state index contributed by atoms with van der Waals surface area (Å²) in [6.45, 7) is 7.70. The highest BCUT2D eigenvalue weighted by Crippen LogP contribution is 2.35. The van der Waals surface area contributed by atoms with Gasteiger partial charge in [-0.15, -0.1) is 12.4 Å². The van der Waals surface area contributed by atoms with Crippen molar-refractivity contribution in [2.45, 2.75) is 52.6 Å². The maximum atomic E-state index is 10.2. The fourth-order valence-corrected chi connectivity index (χ4v) is 4.75. The highest BCUT2D eigenvalue weighted by atomic mass is 79.9. The zero-order valence-corrected chi connectivity index (χ0v) is 17.4. The Bertz CT molecular complexity index is 496. The minimum Gasteiger partial charge on any atom is -0.506 e. The van der Waals surface area contributed by atoms with E-state index in [2.05, 4.69) is 57.9 Å². The SMILES string of the molecule is CC1CCC(C(C)C)C(NCc2cc(Br)cc(Br)c2O)C1.Cl. The number of rotatable bonds is 4. The number of halogens is 3. The second-order valence-corrected chi connectivity index (χ2v) is 8.48. The summed E-state index contributed by atoms with van der Waals surface area (Å²) in [5.74, 6) is 2.58. The summed E-state index contributed by atoms with van der Waals surface area (Å²) >= 11 is 6.89. The number of hydrogen-bond acceptors (Lipinski definition) is 2. The molecular formula is C17H26Br2ClNO. The van der Waals surface area contributed by atoms with Crippen LogP contribution in [0.5, 0.6) is 5.75 Å². The van der Waals surface area contributed by atoms with Crippen LogP contribution in [-0.2, 0) is 6.54 Å². The Morgan fingerprint density at radius 3 is 2.59 bits per heavy atom. The molecule has 2 N–H and O–H groups in total. The molecule has 0 radical (unpaired) electrons. The summed E-state index contributed by atoms with van der Waals surface area (Å²) in [7, 11) is 0. The molecule has 126 valence electrons. The van der Waals surface area contributed by atoms with Crippen LogP contribution in [0.4, 0.5) is 0 Å². The summed E-state index contributed by atoms with van der Waals surface area (Å²) in [6.07, 6.45) is 3.89. The topological polar surface area (TPSA) is 32.3 Å². The van der Waals surface area contributed by atoms with Gasteiger partial charge in [-0.1, -0.05) is 43.1 Å². The molecule has 1 aliphatic rings. The number of nitrogens with one attached hydrogen (secondary N) is 1. The van der Waals surface area contributed by atoms with Gasteiger partial charge in [-0.05, 0) is 58.7 Å². The number of aromatic hydroxyl groups is 1. The van der Waals surface area contributed by atoms with Crippen LogP contribution < -0.4 is 5.32 Å². The van der Waals surface area contributed by atoms with Crippen molar-refractivity contribution in [3.05, 3.63) is 26.6 Å². The molecule has 0 bridgehead atoms. The first-order valence-corrected chi connectivity index (χ1v) is 9.37. The Morgan fingerprint density at radius 1 is 1.27 bits per heavy atom. The Balaban J connectivity index is 0.00000242. The van der Waals surface area contributed by atoms with Crippen LogP contribution in [0.2, 0.25) is 0 Å². The average molecular weight is 456 g/mol. The summed E-state index contributed by atoms with van der Waals surface area (Å²) in [5, 5.41) is 13.9. The number of hydrogen-bond donors (Lipinski definition) is 2. The predicted octanol–water partition coefficient (Wildman–Crippen LogP) is 5.89. The van der Waals surface area contributed by atoms with Gasteiger partial charge in [0.2, 0.25) is 0 Å². The third kappa shape index (κ3) is 5.12. The Labute approximate surface area is 157 Å². The van der Waals surface area contributed by atoms with Crippen molar-refractivity contribution < 1.29 is 5.11 Å². The monoisotopic (exact) mass is 453 g/mol. The summed E-state index contributed by atoms with van der Waals surface area (Å²) in [6, 6.07) is 4.41. The van der Waals surface area contributed by atoms with Gasteiger partial charge in [0, 0.05) is 22.6 Å². The fourth-order valence-electron chi connectivity index (χ4n) is 3.43. The van der Waals surface area contributed by atoms with Gasteiger partial charge >= 0.3 is 0 Å². The molecule has 3 unspecified atom stereocenters. The van der Waals surface area contributed by atoms with E-state index in [-0.39, 0.29) is 12.4 Å². The molecule has 0 heterocycles. The molecule has 5 heteroatoms. The van der Waals surface area contributed by atoms with Gasteiger partial charge in [-0.25, -0.2) is 0 Å². The smallest absolute Gasteiger partial charge is 0.134 e. The number of phenolic OH excluding ortho intramolecular Hbond substituents is 1. The zero-order valence-electron chi connectivity index (χ0n) is 13.4. The molecule has 2 rings (SSSR count). The van der Waals surface area contributed by atoms with E-state index in [9.17, 15) is 5.11 Å². The Hall–Kier alpha value is 0.230. The maximum absolute atomic E-state index is 10.2. The van der Waals surface area contributed by atoms with Crippen molar-refractivity contribution in [3.63, 3.8) is 0 Å². The number of benzene rings is 1. The molecule has 2 nitrogen and oxygen atoms in total. The zero-order chi connectivity index (χ0) is 15.6. The first-order valence-electron chi connectivity index (χ1n) is 7.78. The normalized spacial score (nSPS) is 25.1. The van der Waals surface area contributed by atoms with E-state index in [1.807, 2.05) is 12.1 Å². The summed E-state index contributed by atoms with van der Waals surface area (Å²) < 4.78 is 1.73. The quantitative estimate of drug-likeness (QED) is 0.593. The maximum Gasteiger partial charge on any atom is 0.134 e. The van der Waals surface area contributed by atoms with Crippen LogP contribution in [0.15, 0.2) is 21.1 Å². The molecule has 0 spiro atoms. The summed E-state index contributed by atoms with van der Waals surface area (Å²) in [5.41, 5.74) is 0.942. The number of phenols is 1. The van der Waals surface area contributed by atoms with Gasteiger partial charge in [-0.2, -0.15) is 0 Å². The molecule has 0 aliphatic heterocycles. The third-order valence-electron chi connectivity index (χ3n) is 4.68. The molecular weight excluding hydrogens is 429 g/mol. The van der Waals surface area contributed by atoms with Crippen LogP contribution in [0.1, 0.15) is 45.6 Å². The lowest BCUT2D eigenvalue weighted by Gasteiger charge is -2.38. The van der Waals surface area contributed by atoms with E-state index in [1.54, 1.807) is 0 Å². The van der Waals surface area contributed by atoms with E-state index in [4.69, 9.17) is 0 Å². The highest BCUT2D eigenvalue weighted by Gasteiger charge is 2.30. The van der Waals surface area contributed by atoms with Gasteiger partial charge in [0.15, 0.2) is 0 Å². The molecule has 1 aromatic carbocycles. The van der Waals surface area contributed by atoms with Crippen LogP contribution in [-0.4, -0.2) is 11.1 Å². The van der Waals surface area contributed by atoms with Crippen molar-refractivity contribution in [1.29, 1.82) is 0 Å². The largest absolute Gasteiger partial charge is 0.506 e. The minimum atomic E-state index is 0.